The maximum Gasteiger partial charge on any atom is 0.269 e. The van der Waals surface area contributed by atoms with E-state index in [4.69, 9.17) is 17.3 Å². The molecule has 0 amide bonds. The molecule has 0 fully saturated rings. The van der Waals surface area contributed by atoms with Crippen molar-refractivity contribution in [3.63, 3.8) is 0 Å². The first-order valence-electron chi connectivity index (χ1n) is 3.42. The molecule has 0 unspecified atom stereocenters. The summed E-state index contributed by atoms with van der Waals surface area (Å²) in [6, 6.07) is 1.23. The lowest BCUT2D eigenvalue weighted by Crippen LogP contribution is -2.17. The minimum absolute atomic E-state index is 0.0325. The normalized spacial score (nSPS) is 10.8. The van der Waals surface area contributed by atoms with Gasteiger partial charge in [0.2, 0.25) is 0 Å². The van der Waals surface area contributed by atoms with Crippen molar-refractivity contribution in [2.24, 2.45) is 0 Å². The number of pyridine rings is 1. The standard InChI is InChI=1S/C7H7ClF2N2O/c8-2-3-1-4(11)12-7(13)5(3)6(9)10/h1,6H,2H2,(H3,11,12,13). The molecule has 0 spiro atoms. The van der Waals surface area contributed by atoms with Crippen LogP contribution in [0.25, 0.3) is 0 Å². The van der Waals surface area contributed by atoms with E-state index in [-0.39, 0.29) is 17.3 Å². The van der Waals surface area contributed by atoms with Gasteiger partial charge < -0.3 is 10.7 Å². The van der Waals surface area contributed by atoms with Crippen molar-refractivity contribution in [1.82, 2.24) is 4.98 Å². The van der Waals surface area contributed by atoms with E-state index in [0.717, 1.165) is 0 Å². The van der Waals surface area contributed by atoms with Gasteiger partial charge in [0.25, 0.3) is 12.0 Å². The van der Waals surface area contributed by atoms with Crippen LogP contribution in [0.4, 0.5) is 14.6 Å². The molecular formula is C7H7ClF2N2O. The Morgan fingerprint density at radius 2 is 2.23 bits per heavy atom. The SMILES string of the molecule is Nc1cc(CCl)c(C(F)F)c(=O)[nH]1. The summed E-state index contributed by atoms with van der Waals surface area (Å²) in [4.78, 5) is 13.1. The Labute approximate surface area is 77.5 Å². The van der Waals surface area contributed by atoms with Crippen LogP contribution in [0.2, 0.25) is 0 Å². The number of aromatic nitrogens is 1. The molecule has 1 aromatic heterocycles. The number of nitrogen functional groups attached to an aromatic ring is 1. The zero-order chi connectivity index (χ0) is 10.0. The fourth-order valence-corrected chi connectivity index (χ4v) is 1.22. The van der Waals surface area contributed by atoms with Crippen LogP contribution in [0.15, 0.2) is 10.9 Å². The zero-order valence-electron chi connectivity index (χ0n) is 6.48. The number of H-pyrrole nitrogens is 1. The summed E-state index contributed by atoms with van der Waals surface area (Å²) in [6.45, 7) is 0. The van der Waals surface area contributed by atoms with Crippen LogP contribution in [-0.4, -0.2) is 4.98 Å². The third kappa shape index (κ3) is 1.98. The van der Waals surface area contributed by atoms with Crippen LogP contribution in [0, 0.1) is 0 Å². The van der Waals surface area contributed by atoms with Gasteiger partial charge in [-0.25, -0.2) is 8.78 Å². The molecule has 1 rings (SSSR count). The van der Waals surface area contributed by atoms with Crippen molar-refractivity contribution in [3.05, 3.63) is 27.5 Å². The van der Waals surface area contributed by atoms with Crippen LogP contribution in [0.5, 0.6) is 0 Å². The maximum absolute atomic E-state index is 12.3. The van der Waals surface area contributed by atoms with Crippen molar-refractivity contribution in [2.45, 2.75) is 12.3 Å². The minimum Gasteiger partial charge on any atom is -0.385 e. The van der Waals surface area contributed by atoms with Gasteiger partial charge >= 0.3 is 0 Å². The van der Waals surface area contributed by atoms with Gasteiger partial charge in [-0.05, 0) is 11.6 Å². The van der Waals surface area contributed by atoms with Crippen LogP contribution < -0.4 is 11.3 Å². The lowest BCUT2D eigenvalue weighted by Gasteiger charge is -2.05. The van der Waals surface area contributed by atoms with E-state index < -0.39 is 17.5 Å². The van der Waals surface area contributed by atoms with Gasteiger partial charge in [0.1, 0.15) is 5.82 Å². The van der Waals surface area contributed by atoms with Crippen molar-refractivity contribution in [2.75, 3.05) is 5.73 Å². The predicted octanol–water partition coefficient (Wildman–Crippen LogP) is 1.63. The molecular weight excluding hydrogens is 202 g/mol. The van der Waals surface area contributed by atoms with Crippen molar-refractivity contribution >= 4 is 17.4 Å². The highest BCUT2D eigenvalue weighted by Crippen LogP contribution is 2.21. The number of nitrogens with two attached hydrogens (primary N) is 1. The summed E-state index contributed by atoms with van der Waals surface area (Å²) in [5.41, 5.74) is 3.82. The number of rotatable bonds is 2. The van der Waals surface area contributed by atoms with Gasteiger partial charge in [-0.3, -0.25) is 4.79 Å². The third-order valence-corrected chi connectivity index (χ3v) is 1.83. The molecule has 0 saturated carbocycles. The Morgan fingerprint density at radius 3 is 2.69 bits per heavy atom. The second-order valence-electron chi connectivity index (χ2n) is 2.43. The molecule has 0 aliphatic carbocycles. The van der Waals surface area contributed by atoms with Gasteiger partial charge in [0, 0.05) is 5.88 Å². The van der Waals surface area contributed by atoms with Crippen LogP contribution in [-0.2, 0) is 5.88 Å². The lowest BCUT2D eigenvalue weighted by molar-refractivity contribution is 0.149. The van der Waals surface area contributed by atoms with Crippen molar-refractivity contribution in [3.8, 4) is 0 Å². The molecule has 1 heterocycles. The van der Waals surface area contributed by atoms with E-state index in [1.807, 2.05) is 0 Å². The Hall–Kier alpha value is -1.10. The largest absolute Gasteiger partial charge is 0.385 e. The highest BCUT2D eigenvalue weighted by molar-refractivity contribution is 6.17. The minimum atomic E-state index is -2.84. The smallest absolute Gasteiger partial charge is 0.269 e. The molecule has 6 heteroatoms. The summed E-state index contributed by atoms with van der Waals surface area (Å²) in [5.74, 6) is -0.126. The number of nitrogens with one attached hydrogen (secondary N) is 1. The number of anilines is 1. The second-order valence-corrected chi connectivity index (χ2v) is 2.69. The number of halogens is 3. The summed E-state index contributed by atoms with van der Waals surface area (Å²) in [7, 11) is 0. The number of hydrogen-bond acceptors (Lipinski definition) is 2. The van der Waals surface area contributed by atoms with Crippen molar-refractivity contribution in [1.29, 1.82) is 0 Å². The number of aromatic amines is 1. The van der Waals surface area contributed by atoms with E-state index >= 15 is 0 Å². The highest BCUT2D eigenvalue weighted by atomic mass is 35.5. The fourth-order valence-electron chi connectivity index (χ4n) is 0.996. The van der Waals surface area contributed by atoms with E-state index in [0.29, 0.717) is 0 Å². The van der Waals surface area contributed by atoms with Gasteiger partial charge in [0.15, 0.2) is 0 Å². The molecule has 0 aliphatic heterocycles. The molecule has 72 valence electrons. The van der Waals surface area contributed by atoms with E-state index in [2.05, 4.69) is 4.98 Å². The fraction of sp³-hybridized carbons (Fsp3) is 0.286. The maximum atomic E-state index is 12.3. The Balaban J connectivity index is 3.39. The van der Waals surface area contributed by atoms with Gasteiger partial charge in [-0.2, -0.15) is 0 Å². The first-order valence-corrected chi connectivity index (χ1v) is 3.95. The second kappa shape index (κ2) is 3.74. The Kier molecular flexibility index (Phi) is 2.87. The molecule has 3 N–H and O–H groups in total. The zero-order valence-corrected chi connectivity index (χ0v) is 7.24. The highest BCUT2D eigenvalue weighted by Gasteiger charge is 2.17. The quantitative estimate of drug-likeness (QED) is 0.726. The average molecular weight is 209 g/mol. The van der Waals surface area contributed by atoms with Gasteiger partial charge in [0.05, 0.1) is 5.56 Å². The van der Waals surface area contributed by atoms with Crippen LogP contribution in [0.3, 0.4) is 0 Å². The molecule has 0 radical (unpaired) electrons. The van der Waals surface area contributed by atoms with Gasteiger partial charge in [-0.15, -0.1) is 11.6 Å². The molecule has 3 nitrogen and oxygen atoms in total. The van der Waals surface area contributed by atoms with Crippen LogP contribution in [0.1, 0.15) is 17.6 Å². The summed E-state index contributed by atoms with van der Waals surface area (Å²) in [6.07, 6.45) is -2.84. The molecule has 0 bridgehead atoms. The summed E-state index contributed by atoms with van der Waals surface area (Å²) < 4.78 is 24.6. The van der Waals surface area contributed by atoms with Gasteiger partial charge in [-0.1, -0.05) is 0 Å². The molecule has 0 aromatic carbocycles. The summed E-state index contributed by atoms with van der Waals surface area (Å²) in [5, 5.41) is 0. The molecule has 1 aromatic rings. The van der Waals surface area contributed by atoms with E-state index in [1.165, 1.54) is 6.07 Å². The number of hydrogen-bond donors (Lipinski definition) is 2. The number of alkyl halides is 3. The van der Waals surface area contributed by atoms with E-state index in [9.17, 15) is 13.6 Å². The summed E-state index contributed by atoms with van der Waals surface area (Å²) >= 11 is 5.38. The third-order valence-electron chi connectivity index (χ3n) is 1.54. The lowest BCUT2D eigenvalue weighted by atomic mass is 10.1. The first-order chi connectivity index (χ1) is 6.06. The Morgan fingerprint density at radius 1 is 1.62 bits per heavy atom. The average Bonchev–Trinajstić information content (AvgIpc) is 2.01. The monoisotopic (exact) mass is 208 g/mol. The molecule has 0 saturated heterocycles. The predicted molar refractivity (Wildman–Crippen MR) is 46.0 cm³/mol. The first kappa shape index (κ1) is 9.98. The molecule has 13 heavy (non-hydrogen) atoms. The van der Waals surface area contributed by atoms with Crippen LogP contribution >= 0.6 is 11.6 Å². The van der Waals surface area contributed by atoms with E-state index in [1.54, 1.807) is 0 Å². The molecule has 0 atom stereocenters. The molecule has 0 aliphatic rings. The topological polar surface area (TPSA) is 58.9 Å². The Bertz CT molecular complexity index is 364. The van der Waals surface area contributed by atoms with Crippen molar-refractivity contribution < 1.29 is 8.78 Å².